The molecule has 5 aromatic rings. The second kappa shape index (κ2) is 24.7. The van der Waals surface area contributed by atoms with Crippen LogP contribution in [0.4, 0.5) is 5.95 Å². The van der Waals surface area contributed by atoms with Crippen LogP contribution >= 0.6 is 8.53 Å². The SMILES string of the molecule is CC/C=C/C=C/OCC(=O)Nc1nc2c(ncn2C2OC(COP(OCCC#N)N(C(C)C)C(C)C)C(OC(c3ccccc3)(c3ccccc3)c3ccc(OC)cc3)C2O[Si](C)(C)C(C)(C)C)c(=O)[nH]1. The summed E-state index contributed by atoms with van der Waals surface area (Å²) in [6, 6.07) is 30.2. The molecule has 1 amide bonds. The van der Waals surface area contributed by atoms with E-state index in [1.165, 1.54) is 12.6 Å². The van der Waals surface area contributed by atoms with Crippen molar-refractivity contribution < 1.29 is 37.2 Å². The van der Waals surface area contributed by atoms with E-state index >= 15 is 0 Å². The minimum atomic E-state index is -2.75. The molecule has 380 valence electrons. The Morgan fingerprint density at radius 1 is 0.958 bits per heavy atom. The van der Waals surface area contributed by atoms with Crippen molar-refractivity contribution in [1.82, 2.24) is 24.2 Å². The summed E-state index contributed by atoms with van der Waals surface area (Å²) in [6.07, 6.45) is 5.78. The number of aromatic nitrogens is 4. The molecule has 0 radical (unpaired) electrons. The quantitative estimate of drug-likeness (QED) is 0.0149. The Labute approximate surface area is 420 Å². The van der Waals surface area contributed by atoms with E-state index in [1.54, 1.807) is 17.8 Å². The minimum Gasteiger partial charge on any atom is -0.497 e. The van der Waals surface area contributed by atoms with E-state index in [1.807, 2.05) is 104 Å². The van der Waals surface area contributed by atoms with Gasteiger partial charge in [-0.15, -0.1) is 0 Å². The van der Waals surface area contributed by atoms with E-state index < -0.39 is 58.5 Å². The highest BCUT2D eigenvalue weighted by molar-refractivity contribution is 7.44. The van der Waals surface area contributed by atoms with Gasteiger partial charge in [-0.2, -0.15) is 10.2 Å². The number of imidazole rings is 1. The monoisotopic (exact) mass is 1010 g/mol. The van der Waals surface area contributed by atoms with Gasteiger partial charge in [-0.1, -0.05) is 113 Å². The van der Waals surface area contributed by atoms with Crippen LogP contribution in [-0.4, -0.2) is 95.7 Å². The standard InChI is InChI=1S/C53H70N7O9PSi/c1-12-13-14-21-32-64-35-44(61)56-51-57-48-45(49(62)58-51)55-36-59(48)50-47(69-71(10,11)52(6,7)8)46(43(67-50)34-66-70(65-33-22-31-54)60(37(2)3)38(4)5)68-53(39-23-17-15-18-24-39,40-25-19-16-20-26-40)41-27-29-42(63-9)30-28-41/h13-21,23-30,32,36-38,43,46-47,50H,12,22,33-35H2,1-11H3,(H2,56,57,58,61,62)/b14-13+,32-21+. The number of methoxy groups -OCH3 is 1. The summed E-state index contributed by atoms with van der Waals surface area (Å²) < 4.78 is 51.1. The van der Waals surface area contributed by atoms with Crippen molar-refractivity contribution in [3.8, 4) is 11.8 Å². The zero-order chi connectivity index (χ0) is 51.3. The molecule has 1 fully saturated rings. The number of benzene rings is 3. The zero-order valence-electron chi connectivity index (χ0n) is 42.8. The Morgan fingerprint density at radius 3 is 2.17 bits per heavy atom. The Hall–Kier alpha value is -5.54. The number of hydrogen-bond donors (Lipinski definition) is 2. The van der Waals surface area contributed by atoms with Crippen LogP contribution in [0.15, 0.2) is 121 Å². The van der Waals surface area contributed by atoms with Crippen molar-refractivity contribution in [2.45, 2.75) is 129 Å². The van der Waals surface area contributed by atoms with Gasteiger partial charge in [0.1, 0.15) is 29.7 Å². The number of H-pyrrole nitrogens is 1. The van der Waals surface area contributed by atoms with Gasteiger partial charge in [-0.25, -0.2) is 9.65 Å². The van der Waals surface area contributed by atoms with Crippen molar-refractivity contribution in [3.63, 3.8) is 0 Å². The van der Waals surface area contributed by atoms with Crippen molar-refractivity contribution >= 4 is 39.9 Å². The molecule has 3 heterocycles. The van der Waals surface area contributed by atoms with Crippen LogP contribution in [0, 0.1) is 11.3 Å². The number of fused-ring (bicyclic) bond motifs is 1. The normalized spacial score (nSPS) is 18.3. The number of aromatic amines is 1. The molecular formula is C53H70N7O9PSi. The third-order valence-electron chi connectivity index (χ3n) is 12.5. The van der Waals surface area contributed by atoms with Gasteiger partial charge in [-0.3, -0.25) is 24.5 Å². The fourth-order valence-electron chi connectivity index (χ4n) is 8.16. The van der Waals surface area contributed by atoms with Gasteiger partial charge in [0.05, 0.1) is 45.4 Å². The number of nitrogens with one attached hydrogen (secondary N) is 2. The largest absolute Gasteiger partial charge is 0.497 e. The van der Waals surface area contributed by atoms with Crippen LogP contribution < -0.4 is 15.6 Å². The lowest BCUT2D eigenvalue weighted by molar-refractivity contribution is -0.119. The predicted molar refractivity (Wildman–Crippen MR) is 279 cm³/mol. The summed E-state index contributed by atoms with van der Waals surface area (Å²) in [5.74, 6) is 0.0403. The van der Waals surface area contributed by atoms with Crippen molar-refractivity contribution in [1.29, 1.82) is 5.26 Å². The molecule has 18 heteroatoms. The number of nitriles is 1. The van der Waals surface area contributed by atoms with E-state index in [0.29, 0.717) is 5.75 Å². The first-order valence-electron chi connectivity index (χ1n) is 24.1. The Bertz CT molecular complexity index is 2600. The molecule has 5 atom stereocenters. The Kier molecular flexibility index (Phi) is 19.1. The Balaban J connectivity index is 1.56. The van der Waals surface area contributed by atoms with Gasteiger partial charge in [0.25, 0.3) is 20.0 Å². The first-order chi connectivity index (χ1) is 33.9. The summed E-state index contributed by atoms with van der Waals surface area (Å²) in [5, 5.41) is 11.9. The number of amides is 1. The van der Waals surface area contributed by atoms with Crippen LogP contribution in [0.2, 0.25) is 18.1 Å². The average Bonchev–Trinajstić information content (AvgIpc) is 3.91. The number of allylic oxidation sites excluding steroid dienone is 3. The first-order valence-corrected chi connectivity index (χ1v) is 28.2. The van der Waals surface area contributed by atoms with E-state index in [4.69, 9.17) is 37.4 Å². The lowest BCUT2D eigenvalue weighted by Gasteiger charge is -2.44. The molecule has 6 rings (SSSR count). The second-order valence-electron chi connectivity index (χ2n) is 19.2. The highest BCUT2D eigenvalue weighted by atomic mass is 31.2. The lowest BCUT2D eigenvalue weighted by atomic mass is 9.79. The van der Waals surface area contributed by atoms with Crippen LogP contribution in [0.5, 0.6) is 5.75 Å². The lowest BCUT2D eigenvalue weighted by Crippen LogP contribution is -2.52. The van der Waals surface area contributed by atoms with Gasteiger partial charge in [-0.05, 0) is 87.1 Å². The molecule has 1 saturated heterocycles. The molecule has 5 unspecified atom stereocenters. The van der Waals surface area contributed by atoms with Gasteiger partial charge in [0.2, 0.25) is 5.95 Å². The summed E-state index contributed by atoms with van der Waals surface area (Å²) >= 11 is 0. The number of rotatable bonds is 24. The summed E-state index contributed by atoms with van der Waals surface area (Å²) in [6.45, 7) is 21.0. The number of ether oxygens (including phenoxy) is 4. The van der Waals surface area contributed by atoms with Crippen LogP contribution in [0.1, 0.15) is 91.1 Å². The maximum atomic E-state index is 13.8. The smallest absolute Gasteiger partial charge is 0.280 e. The summed E-state index contributed by atoms with van der Waals surface area (Å²) in [4.78, 5) is 38.8. The number of hydrogen-bond acceptors (Lipinski definition) is 13. The van der Waals surface area contributed by atoms with E-state index in [-0.39, 0.29) is 60.5 Å². The van der Waals surface area contributed by atoms with Crippen molar-refractivity contribution in [2.75, 3.05) is 32.2 Å². The number of anilines is 1. The average molecular weight is 1010 g/mol. The molecule has 0 aliphatic carbocycles. The molecule has 16 nitrogen and oxygen atoms in total. The maximum absolute atomic E-state index is 13.8. The highest BCUT2D eigenvalue weighted by Gasteiger charge is 2.55. The third-order valence-corrected chi connectivity index (χ3v) is 19.1. The third kappa shape index (κ3) is 13.1. The van der Waals surface area contributed by atoms with Gasteiger partial charge in [0.15, 0.2) is 32.3 Å². The highest BCUT2D eigenvalue weighted by Crippen LogP contribution is 2.51. The zero-order valence-corrected chi connectivity index (χ0v) is 44.7. The molecule has 0 saturated carbocycles. The van der Waals surface area contributed by atoms with Crippen LogP contribution in [0.25, 0.3) is 11.2 Å². The van der Waals surface area contributed by atoms with Gasteiger partial charge >= 0.3 is 0 Å². The number of carbonyl (C=O) groups excluding carboxylic acids is 1. The van der Waals surface area contributed by atoms with Gasteiger partial charge in [0, 0.05) is 12.1 Å². The molecule has 71 heavy (non-hydrogen) atoms. The van der Waals surface area contributed by atoms with Crippen molar-refractivity contribution in [2.24, 2.45) is 0 Å². The van der Waals surface area contributed by atoms with Crippen LogP contribution in [0.3, 0.4) is 0 Å². The van der Waals surface area contributed by atoms with Crippen LogP contribution in [-0.2, 0) is 38.1 Å². The molecular weight excluding hydrogens is 938 g/mol. The number of carbonyl (C=O) groups is 1. The number of nitrogens with zero attached hydrogens (tertiary/aromatic N) is 5. The van der Waals surface area contributed by atoms with E-state index in [9.17, 15) is 14.9 Å². The molecule has 2 aromatic heterocycles. The maximum Gasteiger partial charge on any atom is 0.280 e. The predicted octanol–water partition coefficient (Wildman–Crippen LogP) is 10.5. The molecule has 3 aromatic carbocycles. The van der Waals surface area contributed by atoms with E-state index in [2.05, 4.69) is 87.6 Å². The topological polar surface area (TPSA) is 184 Å². The minimum absolute atomic E-state index is 0.0248. The molecule has 1 aliphatic rings. The summed E-state index contributed by atoms with van der Waals surface area (Å²) in [7, 11) is -2.84. The van der Waals surface area contributed by atoms with Gasteiger partial charge < -0.3 is 32.4 Å². The second-order valence-corrected chi connectivity index (χ2v) is 25.4. The molecule has 0 bridgehead atoms. The summed E-state index contributed by atoms with van der Waals surface area (Å²) in [5.41, 5.74) is 0.816. The van der Waals surface area contributed by atoms with Crippen molar-refractivity contribution in [3.05, 3.63) is 143 Å². The van der Waals surface area contributed by atoms with E-state index in [0.717, 1.165) is 23.1 Å². The molecule has 1 aliphatic heterocycles. The Morgan fingerprint density at radius 2 is 1.59 bits per heavy atom. The first kappa shape index (κ1) is 54.8. The fraction of sp³-hybridized carbons (Fsp3) is 0.453. The molecule has 2 N–H and O–H groups in total. The molecule has 0 spiro atoms. The fourth-order valence-corrected chi connectivity index (χ4v) is 11.1.